The lowest BCUT2D eigenvalue weighted by atomic mass is 9.94. The lowest BCUT2D eigenvalue weighted by Crippen LogP contribution is -2.40. The van der Waals surface area contributed by atoms with Crippen LogP contribution >= 0.6 is 27.3 Å². The molecule has 0 bridgehead atoms. The molecule has 1 aromatic heterocycles. The third-order valence-electron chi connectivity index (χ3n) is 6.60. The molecule has 13 heteroatoms. The maximum Gasteiger partial charge on any atom is 0.344 e. The van der Waals surface area contributed by atoms with Gasteiger partial charge in [-0.05, 0) is 80.4 Å². The summed E-state index contributed by atoms with van der Waals surface area (Å²) in [5.74, 6) is 0.515. The monoisotopic (exact) mass is 702 g/mol. The van der Waals surface area contributed by atoms with Crippen molar-refractivity contribution >= 4 is 45.3 Å². The SMILES string of the molecule is CCOC(=O)COc1c(Br)cc(/C=c2/sc3n(c2=O)[C@H](c2cccc(OC)c2OCC)C(C(=O)OCC)=C(C)N=3)cc1OCC. The van der Waals surface area contributed by atoms with E-state index in [0.717, 1.165) is 0 Å². The quantitative estimate of drug-likeness (QED) is 0.240. The molecule has 1 aliphatic rings. The highest BCUT2D eigenvalue weighted by Gasteiger charge is 2.36. The molecule has 0 spiro atoms. The van der Waals surface area contributed by atoms with E-state index in [2.05, 4.69) is 20.9 Å². The molecule has 2 aromatic carbocycles. The maximum absolute atomic E-state index is 14.2. The van der Waals surface area contributed by atoms with Gasteiger partial charge in [0.15, 0.2) is 34.4 Å². The van der Waals surface area contributed by atoms with Crippen molar-refractivity contribution in [1.29, 1.82) is 0 Å². The smallest absolute Gasteiger partial charge is 0.344 e. The van der Waals surface area contributed by atoms with Crippen LogP contribution in [0, 0.1) is 0 Å². The highest BCUT2D eigenvalue weighted by Crippen LogP contribution is 2.41. The van der Waals surface area contributed by atoms with Gasteiger partial charge >= 0.3 is 11.9 Å². The van der Waals surface area contributed by atoms with E-state index in [1.165, 1.54) is 23.0 Å². The van der Waals surface area contributed by atoms with E-state index < -0.39 is 18.0 Å². The summed E-state index contributed by atoms with van der Waals surface area (Å²) in [7, 11) is 1.53. The van der Waals surface area contributed by atoms with Crippen molar-refractivity contribution in [2.75, 3.05) is 40.1 Å². The Morgan fingerprint density at radius 1 is 0.978 bits per heavy atom. The van der Waals surface area contributed by atoms with Crippen LogP contribution < -0.4 is 33.8 Å². The number of allylic oxidation sites excluding steroid dienone is 1. The third-order valence-corrected chi connectivity index (χ3v) is 8.17. The molecule has 0 amide bonds. The Hall–Kier alpha value is -4.10. The zero-order valence-corrected chi connectivity index (χ0v) is 28.3. The van der Waals surface area contributed by atoms with Crippen LogP contribution in [-0.4, -0.2) is 56.6 Å². The summed E-state index contributed by atoms with van der Waals surface area (Å²) in [5, 5.41) is 0. The first kappa shape index (κ1) is 33.8. The number of methoxy groups -OCH3 is 1. The average Bonchev–Trinajstić information content (AvgIpc) is 3.30. The second-order valence-corrected chi connectivity index (χ2v) is 11.3. The predicted octanol–water partition coefficient (Wildman–Crippen LogP) is 4.31. The van der Waals surface area contributed by atoms with Crippen LogP contribution in [0.3, 0.4) is 0 Å². The molecule has 2 heterocycles. The predicted molar refractivity (Wildman–Crippen MR) is 172 cm³/mol. The van der Waals surface area contributed by atoms with Crippen molar-refractivity contribution in [3.63, 3.8) is 0 Å². The molecular formula is C32H35BrN2O9S. The van der Waals surface area contributed by atoms with Crippen LogP contribution in [0.4, 0.5) is 0 Å². The van der Waals surface area contributed by atoms with Crippen LogP contribution in [0.2, 0.25) is 0 Å². The highest BCUT2D eigenvalue weighted by molar-refractivity contribution is 9.10. The first-order chi connectivity index (χ1) is 21.7. The van der Waals surface area contributed by atoms with Crippen molar-refractivity contribution in [1.82, 2.24) is 4.57 Å². The van der Waals surface area contributed by atoms with E-state index in [-0.39, 0.29) is 31.0 Å². The third kappa shape index (κ3) is 7.25. The maximum atomic E-state index is 14.2. The average molecular weight is 704 g/mol. The molecule has 0 unspecified atom stereocenters. The standard InChI is InChI=1S/C32H35BrN2O9S/c1-7-40-23-15-19(14-21(33)29(23)44-17-25(36)41-8-2)16-24-30(37)35-27(20-12-11-13-22(39-6)28(20)42-9-3)26(31(38)43-10-4)18(5)34-32(35)45-24/h11-16,27H,7-10,17H2,1-6H3/b24-16+/t27-/m1/s1. The fraction of sp³-hybridized carbons (Fsp3) is 0.375. The zero-order chi connectivity index (χ0) is 32.7. The number of ether oxygens (including phenoxy) is 6. The van der Waals surface area contributed by atoms with Crippen LogP contribution in [-0.2, 0) is 19.1 Å². The van der Waals surface area contributed by atoms with Crippen LogP contribution in [0.25, 0.3) is 6.08 Å². The minimum Gasteiger partial charge on any atom is -0.493 e. The number of carbonyl (C=O) groups excluding carboxylic acids is 2. The summed E-state index contributed by atoms with van der Waals surface area (Å²) in [6.07, 6.45) is 1.71. The lowest BCUT2D eigenvalue weighted by Gasteiger charge is -2.26. The fourth-order valence-electron chi connectivity index (χ4n) is 4.85. The molecule has 0 saturated heterocycles. The van der Waals surface area contributed by atoms with Crippen molar-refractivity contribution in [2.45, 2.75) is 40.7 Å². The van der Waals surface area contributed by atoms with Gasteiger partial charge in [0.25, 0.3) is 5.56 Å². The molecule has 0 radical (unpaired) electrons. The molecule has 1 aliphatic heterocycles. The summed E-state index contributed by atoms with van der Waals surface area (Å²) in [4.78, 5) is 44.5. The number of halogens is 1. The van der Waals surface area contributed by atoms with Gasteiger partial charge in [-0.2, -0.15) is 0 Å². The van der Waals surface area contributed by atoms with Gasteiger partial charge < -0.3 is 28.4 Å². The van der Waals surface area contributed by atoms with E-state index in [1.54, 1.807) is 57.2 Å². The van der Waals surface area contributed by atoms with Gasteiger partial charge in [0.05, 0.1) is 53.8 Å². The van der Waals surface area contributed by atoms with Crippen molar-refractivity contribution in [3.05, 3.63) is 76.9 Å². The number of para-hydroxylation sites is 1. The van der Waals surface area contributed by atoms with Gasteiger partial charge in [0.1, 0.15) is 6.04 Å². The van der Waals surface area contributed by atoms with Crippen LogP contribution in [0.1, 0.15) is 51.8 Å². The van der Waals surface area contributed by atoms with E-state index in [9.17, 15) is 14.4 Å². The number of aromatic nitrogens is 1. The lowest BCUT2D eigenvalue weighted by molar-refractivity contribution is -0.145. The molecule has 240 valence electrons. The van der Waals surface area contributed by atoms with Gasteiger partial charge in [-0.25, -0.2) is 14.6 Å². The number of thiazole rings is 1. The first-order valence-electron chi connectivity index (χ1n) is 14.4. The molecule has 0 aliphatic carbocycles. The van der Waals surface area contributed by atoms with Crippen LogP contribution in [0.5, 0.6) is 23.0 Å². The number of fused-ring (bicyclic) bond motifs is 1. The Balaban J connectivity index is 1.90. The number of hydrogen-bond donors (Lipinski definition) is 0. The number of esters is 2. The molecule has 4 rings (SSSR count). The normalized spacial score (nSPS) is 14.4. The Kier molecular flexibility index (Phi) is 11.5. The van der Waals surface area contributed by atoms with Crippen molar-refractivity contribution in [2.24, 2.45) is 4.99 Å². The second-order valence-electron chi connectivity index (χ2n) is 9.47. The number of rotatable bonds is 13. The van der Waals surface area contributed by atoms with E-state index in [1.807, 2.05) is 13.8 Å². The summed E-state index contributed by atoms with van der Waals surface area (Å²) >= 11 is 4.69. The topological polar surface area (TPSA) is 124 Å². The minimum atomic E-state index is -0.886. The van der Waals surface area contributed by atoms with Gasteiger partial charge in [-0.15, -0.1) is 0 Å². The van der Waals surface area contributed by atoms with Crippen molar-refractivity contribution < 1.29 is 38.0 Å². The summed E-state index contributed by atoms with van der Waals surface area (Å²) in [6.45, 7) is 9.60. The molecule has 45 heavy (non-hydrogen) atoms. The van der Waals surface area contributed by atoms with E-state index in [4.69, 9.17) is 28.4 Å². The Bertz CT molecular complexity index is 1790. The molecule has 3 aromatic rings. The van der Waals surface area contributed by atoms with Crippen LogP contribution in [0.15, 0.2) is 55.9 Å². The van der Waals surface area contributed by atoms with Gasteiger partial charge in [0.2, 0.25) is 0 Å². The fourth-order valence-corrected chi connectivity index (χ4v) is 6.47. The summed E-state index contributed by atoms with van der Waals surface area (Å²) < 4.78 is 35.8. The molecule has 0 fully saturated rings. The zero-order valence-electron chi connectivity index (χ0n) is 25.9. The van der Waals surface area contributed by atoms with Gasteiger partial charge in [-0.1, -0.05) is 23.5 Å². The molecular weight excluding hydrogens is 668 g/mol. The molecule has 11 nitrogen and oxygen atoms in total. The largest absolute Gasteiger partial charge is 0.493 e. The number of carbonyl (C=O) groups is 2. The summed E-state index contributed by atoms with van der Waals surface area (Å²) in [6, 6.07) is 7.92. The highest BCUT2D eigenvalue weighted by atomic mass is 79.9. The van der Waals surface area contributed by atoms with Crippen molar-refractivity contribution in [3.8, 4) is 23.0 Å². The number of nitrogens with zero attached hydrogens (tertiary/aromatic N) is 2. The Morgan fingerprint density at radius 2 is 1.71 bits per heavy atom. The van der Waals surface area contributed by atoms with Gasteiger partial charge in [-0.3, -0.25) is 9.36 Å². The summed E-state index contributed by atoms with van der Waals surface area (Å²) in [5.41, 5.74) is 1.49. The second kappa shape index (κ2) is 15.3. The Morgan fingerprint density at radius 3 is 2.38 bits per heavy atom. The molecule has 1 atom stereocenters. The van der Waals surface area contributed by atoms with Gasteiger partial charge in [0, 0.05) is 5.56 Å². The first-order valence-corrected chi connectivity index (χ1v) is 16.0. The molecule has 0 saturated carbocycles. The minimum absolute atomic E-state index is 0.153. The number of hydrogen-bond acceptors (Lipinski definition) is 11. The molecule has 0 N–H and O–H groups in total. The van der Waals surface area contributed by atoms with E-state index >= 15 is 0 Å². The number of benzene rings is 2. The van der Waals surface area contributed by atoms with E-state index in [0.29, 0.717) is 66.8 Å². The Labute approximate surface area is 272 Å².